The zero-order valence-corrected chi connectivity index (χ0v) is 16.2. The third kappa shape index (κ3) is 5.57. The average molecular weight is 376 g/mol. The zero-order valence-electron chi connectivity index (χ0n) is 15.4. The first kappa shape index (κ1) is 19.9. The van der Waals surface area contributed by atoms with Crippen molar-refractivity contribution < 1.29 is 17.9 Å². The van der Waals surface area contributed by atoms with Crippen molar-refractivity contribution in [2.45, 2.75) is 38.6 Å². The second-order valence-corrected chi connectivity index (χ2v) is 8.10. The number of aryl methyl sites for hydroxylation is 2. The molecule has 0 heterocycles. The van der Waals surface area contributed by atoms with Gasteiger partial charge >= 0.3 is 0 Å². The normalized spacial score (nSPS) is 11.4. The molecule has 0 bridgehead atoms. The Morgan fingerprint density at radius 1 is 1.04 bits per heavy atom. The Morgan fingerprint density at radius 3 is 2.27 bits per heavy atom. The second-order valence-electron chi connectivity index (χ2n) is 6.38. The maximum absolute atomic E-state index is 12.1. The highest BCUT2D eigenvalue weighted by atomic mass is 32.2. The van der Waals surface area contributed by atoms with Gasteiger partial charge in [0, 0.05) is 11.7 Å². The maximum Gasteiger partial charge on any atom is 0.262 e. The van der Waals surface area contributed by atoms with Crippen LogP contribution in [0.5, 0.6) is 5.75 Å². The van der Waals surface area contributed by atoms with Gasteiger partial charge in [-0.05, 0) is 75.2 Å². The molecule has 0 aliphatic carbocycles. The molecule has 140 valence electrons. The van der Waals surface area contributed by atoms with Gasteiger partial charge in [0.2, 0.25) is 10.0 Å². The van der Waals surface area contributed by atoms with Gasteiger partial charge in [-0.3, -0.25) is 4.79 Å². The number of rotatable bonds is 7. The van der Waals surface area contributed by atoms with Crippen molar-refractivity contribution in [3.05, 3.63) is 53.6 Å². The lowest BCUT2D eigenvalue weighted by molar-refractivity contribution is -0.118. The van der Waals surface area contributed by atoms with Crippen LogP contribution in [-0.4, -0.2) is 27.0 Å². The molecule has 0 spiro atoms. The van der Waals surface area contributed by atoms with Gasteiger partial charge in [0.1, 0.15) is 5.75 Å². The third-order valence-electron chi connectivity index (χ3n) is 3.69. The third-order valence-corrected chi connectivity index (χ3v) is 5.36. The van der Waals surface area contributed by atoms with E-state index in [1.807, 2.05) is 32.0 Å². The zero-order chi connectivity index (χ0) is 19.3. The van der Waals surface area contributed by atoms with Crippen LogP contribution in [-0.2, 0) is 14.8 Å². The van der Waals surface area contributed by atoms with Crippen LogP contribution in [0.25, 0.3) is 0 Å². The van der Waals surface area contributed by atoms with Crippen LogP contribution in [0.15, 0.2) is 47.4 Å². The summed E-state index contributed by atoms with van der Waals surface area (Å²) in [5.74, 6) is 0.309. The van der Waals surface area contributed by atoms with Crippen LogP contribution < -0.4 is 14.8 Å². The molecule has 1 amide bonds. The molecular formula is C19H24N2O4S. The Kier molecular flexibility index (Phi) is 6.39. The van der Waals surface area contributed by atoms with E-state index in [1.165, 1.54) is 12.1 Å². The molecule has 0 aliphatic heterocycles. The Hall–Kier alpha value is -2.38. The number of benzene rings is 2. The fraction of sp³-hybridized carbons (Fsp3) is 0.316. The minimum Gasteiger partial charge on any atom is -0.484 e. The lowest BCUT2D eigenvalue weighted by Crippen LogP contribution is -2.30. The Bertz CT molecular complexity index is 875. The van der Waals surface area contributed by atoms with Crippen LogP contribution in [0, 0.1) is 13.8 Å². The topological polar surface area (TPSA) is 84.5 Å². The van der Waals surface area contributed by atoms with Crippen molar-refractivity contribution in [3.8, 4) is 5.75 Å². The van der Waals surface area contributed by atoms with Gasteiger partial charge in [0.25, 0.3) is 5.91 Å². The first-order valence-electron chi connectivity index (χ1n) is 8.29. The monoisotopic (exact) mass is 376 g/mol. The Balaban J connectivity index is 1.94. The molecule has 6 nitrogen and oxygen atoms in total. The minimum absolute atomic E-state index is 0.128. The van der Waals surface area contributed by atoms with Crippen molar-refractivity contribution in [3.63, 3.8) is 0 Å². The van der Waals surface area contributed by atoms with Gasteiger partial charge < -0.3 is 10.1 Å². The van der Waals surface area contributed by atoms with E-state index in [-0.39, 0.29) is 23.5 Å². The number of anilines is 1. The Morgan fingerprint density at radius 2 is 1.69 bits per heavy atom. The van der Waals surface area contributed by atoms with E-state index in [2.05, 4.69) is 10.0 Å². The molecule has 0 aliphatic rings. The van der Waals surface area contributed by atoms with Crippen molar-refractivity contribution >= 4 is 21.6 Å². The molecule has 2 aromatic carbocycles. The average Bonchev–Trinajstić information content (AvgIpc) is 2.55. The van der Waals surface area contributed by atoms with Gasteiger partial charge in [0.05, 0.1) is 4.90 Å². The molecule has 7 heteroatoms. The smallest absolute Gasteiger partial charge is 0.262 e. The van der Waals surface area contributed by atoms with Crippen LogP contribution in [0.1, 0.15) is 25.0 Å². The van der Waals surface area contributed by atoms with Crippen molar-refractivity contribution in [2.24, 2.45) is 0 Å². The first-order valence-corrected chi connectivity index (χ1v) is 9.78. The van der Waals surface area contributed by atoms with E-state index in [4.69, 9.17) is 4.74 Å². The first-order chi connectivity index (χ1) is 12.2. The molecule has 0 atom stereocenters. The fourth-order valence-corrected chi connectivity index (χ4v) is 3.50. The number of ether oxygens (including phenoxy) is 1. The predicted octanol–water partition coefficient (Wildman–Crippen LogP) is 3.01. The molecule has 0 unspecified atom stereocenters. The van der Waals surface area contributed by atoms with Gasteiger partial charge in [0.15, 0.2) is 6.61 Å². The van der Waals surface area contributed by atoms with Crippen LogP contribution in [0.4, 0.5) is 5.69 Å². The van der Waals surface area contributed by atoms with Crippen LogP contribution in [0.2, 0.25) is 0 Å². The highest BCUT2D eigenvalue weighted by Crippen LogP contribution is 2.17. The SMILES string of the molecule is Cc1ccc(OCC(=O)Nc2ccc(S(=O)(=O)NC(C)C)cc2)cc1C. The molecule has 0 fully saturated rings. The number of sulfonamides is 1. The molecule has 0 radical (unpaired) electrons. The molecule has 0 saturated carbocycles. The second kappa shape index (κ2) is 8.33. The molecule has 0 saturated heterocycles. The molecule has 2 rings (SSSR count). The number of carbonyl (C=O) groups excluding carboxylic acids is 1. The lowest BCUT2D eigenvalue weighted by Gasteiger charge is -2.11. The number of hydrogen-bond donors (Lipinski definition) is 2. The lowest BCUT2D eigenvalue weighted by atomic mass is 10.1. The minimum atomic E-state index is -3.55. The summed E-state index contributed by atoms with van der Waals surface area (Å²) < 4.78 is 32.1. The van der Waals surface area contributed by atoms with E-state index < -0.39 is 10.0 Å². The summed E-state index contributed by atoms with van der Waals surface area (Å²) in [5, 5.41) is 2.68. The molecule has 26 heavy (non-hydrogen) atoms. The van der Waals surface area contributed by atoms with Crippen molar-refractivity contribution in [1.82, 2.24) is 4.72 Å². The summed E-state index contributed by atoms with van der Waals surface area (Å²) in [4.78, 5) is 12.1. The van der Waals surface area contributed by atoms with Crippen molar-refractivity contribution in [1.29, 1.82) is 0 Å². The largest absolute Gasteiger partial charge is 0.484 e. The summed E-state index contributed by atoms with van der Waals surface area (Å²) in [6.07, 6.45) is 0. The van der Waals surface area contributed by atoms with Gasteiger partial charge in [-0.1, -0.05) is 6.07 Å². The van der Waals surface area contributed by atoms with E-state index in [9.17, 15) is 13.2 Å². The number of amides is 1. The van der Waals surface area contributed by atoms with E-state index >= 15 is 0 Å². The predicted molar refractivity (Wildman–Crippen MR) is 102 cm³/mol. The van der Waals surface area contributed by atoms with E-state index in [0.29, 0.717) is 11.4 Å². The maximum atomic E-state index is 12.1. The number of nitrogens with one attached hydrogen (secondary N) is 2. The summed E-state index contributed by atoms with van der Waals surface area (Å²) in [5.41, 5.74) is 2.75. The Labute approximate surface area is 154 Å². The highest BCUT2D eigenvalue weighted by Gasteiger charge is 2.15. The van der Waals surface area contributed by atoms with Crippen LogP contribution >= 0.6 is 0 Å². The standard InChI is InChI=1S/C19H24N2O4S/c1-13(2)21-26(23,24)18-9-6-16(7-10-18)20-19(22)12-25-17-8-5-14(3)15(4)11-17/h5-11,13,21H,12H2,1-4H3,(H,20,22). The summed E-state index contributed by atoms with van der Waals surface area (Å²) >= 11 is 0. The van der Waals surface area contributed by atoms with E-state index in [0.717, 1.165) is 11.1 Å². The highest BCUT2D eigenvalue weighted by molar-refractivity contribution is 7.89. The van der Waals surface area contributed by atoms with Gasteiger partial charge in [-0.2, -0.15) is 0 Å². The molecule has 0 aromatic heterocycles. The summed E-state index contributed by atoms with van der Waals surface area (Å²) in [6, 6.07) is 11.4. The number of carbonyl (C=O) groups is 1. The molecular weight excluding hydrogens is 352 g/mol. The quantitative estimate of drug-likeness (QED) is 0.778. The number of hydrogen-bond acceptors (Lipinski definition) is 4. The van der Waals surface area contributed by atoms with E-state index in [1.54, 1.807) is 26.0 Å². The van der Waals surface area contributed by atoms with Crippen molar-refractivity contribution in [2.75, 3.05) is 11.9 Å². The molecule has 2 N–H and O–H groups in total. The summed E-state index contributed by atoms with van der Waals surface area (Å²) in [6.45, 7) is 7.36. The van der Waals surface area contributed by atoms with Gasteiger partial charge in [-0.25, -0.2) is 13.1 Å². The summed E-state index contributed by atoms with van der Waals surface area (Å²) in [7, 11) is -3.55. The van der Waals surface area contributed by atoms with Crippen LogP contribution in [0.3, 0.4) is 0 Å². The fourth-order valence-electron chi connectivity index (χ4n) is 2.25. The molecule has 2 aromatic rings. The van der Waals surface area contributed by atoms with Gasteiger partial charge in [-0.15, -0.1) is 0 Å².